The van der Waals surface area contributed by atoms with Gasteiger partial charge in [-0.1, -0.05) is 0 Å². The largest absolute Gasteiger partial charge is 0.473 e. The third-order valence-corrected chi connectivity index (χ3v) is 2.17. The fraction of sp³-hybridized carbons (Fsp3) is 0.500. The summed E-state index contributed by atoms with van der Waals surface area (Å²) >= 11 is 0. The number of aromatic nitrogens is 1. The molecule has 0 spiro atoms. The molecule has 0 atom stereocenters. The van der Waals surface area contributed by atoms with Crippen LogP contribution in [0.4, 0.5) is 11.5 Å². The molecule has 5 nitrogen and oxygen atoms in total. The standard InChI is InChI=1S/C12H18N4O/c1-9(2)17-12-10(14)5-6-11(15-12)16(3)8-4-7-13/h5-6,9H,4,8,14H2,1-3H3. The molecule has 5 heteroatoms. The number of rotatable bonds is 5. The molecule has 0 aliphatic carbocycles. The molecule has 1 rings (SSSR count). The Labute approximate surface area is 102 Å². The van der Waals surface area contributed by atoms with Crippen molar-refractivity contribution in [1.82, 2.24) is 4.98 Å². The van der Waals surface area contributed by atoms with E-state index in [0.717, 1.165) is 5.82 Å². The zero-order valence-electron chi connectivity index (χ0n) is 10.5. The molecule has 92 valence electrons. The van der Waals surface area contributed by atoms with Crippen molar-refractivity contribution in [2.75, 3.05) is 24.2 Å². The quantitative estimate of drug-likeness (QED) is 0.840. The lowest BCUT2D eigenvalue weighted by atomic mass is 10.3. The van der Waals surface area contributed by atoms with E-state index in [0.29, 0.717) is 24.5 Å². The van der Waals surface area contributed by atoms with Gasteiger partial charge in [0.1, 0.15) is 5.82 Å². The molecule has 1 aromatic rings. The van der Waals surface area contributed by atoms with Crippen LogP contribution in [-0.2, 0) is 0 Å². The van der Waals surface area contributed by atoms with Crippen molar-refractivity contribution >= 4 is 11.5 Å². The van der Waals surface area contributed by atoms with Gasteiger partial charge < -0.3 is 15.4 Å². The molecule has 1 heterocycles. The Balaban J connectivity index is 2.84. The van der Waals surface area contributed by atoms with Crippen LogP contribution in [0.5, 0.6) is 5.88 Å². The van der Waals surface area contributed by atoms with Crippen LogP contribution in [0.1, 0.15) is 20.3 Å². The van der Waals surface area contributed by atoms with E-state index in [9.17, 15) is 0 Å². The van der Waals surface area contributed by atoms with Gasteiger partial charge in [0.15, 0.2) is 0 Å². The van der Waals surface area contributed by atoms with Crippen LogP contribution in [-0.4, -0.2) is 24.7 Å². The van der Waals surface area contributed by atoms with E-state index in [-0.39, 0.29) is 6.10 Å². The minimum Gasteiger partial charge on any atom is -0.473 e. The molecule has 0 bridgehead atoms. The molecule has 2 N–H and O–H groups in total. The highest BCUT2D eigenvalue weighted by atomic mass is 16.5. The highest BCUT2D eigenvalue weighted by Gasteiger charge is 2.09. The van der Waals surface area contributed by atoms with E-state index >= 15 is 0 Å². The number of anilines is 2. The predicted octanol–water partition coefficient (Wildman–Crippen LogP) is 1.80. The van der Waals surface area contributed by atoms with E-state index < -0.39 is 0 Å². The van der Waals surface area contributed by atoms with Crippen LogP contribution >= 0.6 is 0 Å². The summed E-state index contributed by atoms with van der Waals surface area (Å²) in [5.74, 6) is 1.20. The molecule has 0 unspecified atom stereocenters. The van der Waals surface area contributed by atoms with Gasteiger partial charge >= 0.3 is 0 Å². The summed E-state index contributed by atoms with van der Waals surface area (Å²) in [6.45, 7) is 4.48. The second kappa shape index (κ2) is 5.94. The van der Waals surface area contributed by atoms with Gasteiger partial charge in [0.2, 0.25) is 5.88 Å². The second-order valence-electron chi connectivity index (χ2n) is 4.06. The zero-order chi connectivity index (χ0) is 12.8. The van der Waals surface area contributed by atoms with Crippen molar-refractivity contribution < 1.29 is 4.74 Å². The maximum absolute atomic E-state index is 8.54. The number of nitrogens with two attached hydrogens (primary N) is 1. The summed E-state index contributed by atoms with van der Waals surface area (Å²) < 4.78 is 5.51. The highest BCUT2D eigenvalue weighted by Crippen LogP contribution is 2.23. The summed E-state index contributed by atoms with van der Waals surface area (Å²) in [6, 6.07) is 5.69. The Hall–Kier alpha value is -1.96. The Morgan fingerprint density at radius 1 is 1.53 bits per heavy atom. The maximum atomic E-state index is 8.54. The van der Waals surface area contributed by atoms with Gasteiger partial charge in [0.05, 0.1) is 24.3 Å². The van der Waals surface area contributed by atoms with Gasteiger partial charge in [-0.05, 0) is 26.0 Å². The maximum Gasteiger partial charge on any atom is 0.239 e. The Bertz CT molecular complexity index is 411. The zero-order valence-corrected chi connectivity index (χ0v) is 10.5. The van der Waals surface area contributed by atoms with Gasteiger partial charge in [-0.3, -0.25) is 0 Å². The lowest BCUT2D eigenvalue weighted by Crippen LogP contribution is -2.20. The number of nitrogen functional groups attached to an aromatic ring is 1. The fourth-order valence-corrected chi connectivity index (χ4v) is 1.30. The second-order valence-corrected chi connectivity index (χ2v) is 4.06. The van der Waals surface area contributed by atoms with E-state index in [1.165, 1.54) is 0 Å². The van der Waals surface area contributed by atoms with Crippen LogP contribution in [0.25, 0.3) is 0 Å². The van der Waals surface area contributed by atoms with Gasteiger partial charge in [0.25, 0.3) is 0 Å². The summed E-state index contributed by atoms with van der Waals surface area (Å²) in [7, 11) is 1.88. The summed E-state index contributed by atoms with van der Waals surface area (Å²) in [5.41, 5.74) is 6.30. The van der Waals surface area contributed by atoms with Crippen molar-refractivity contribution in [3.05, 3.63) is 12.1 Å². The number of nitriles is 1. The van der Waals surface area contributed by atoms with E-state index in [4.69, 9.17) is 15.7 Å². The van der Waals surface area contributed by atoms with E-state index in [1.54, 1.807) is 6.07 Å². The smallest absolute Gasteiger partial charge is 0.239 e. The van der Waals surface area contributed by atoms with Crippen LogP contribution in [0, 0.1) is 11.3 Å². The number of nitrogens with zero attached hydrogens (tertiary/aromatic N) is 3. The minimum absolute atomic E-state index is 0.0319. The molecule has 0 fully saturated rings. The third kappa shape index (κ3) is 3.83. The van der Waals surface area contributed by atoms with Gasteiger partial charge in [-0.25, -0.2) is 0 Å². The topological polar surface area (TPSA) is 75.2 Å². The average molecular weight is 234 g/mol. The van der Waals surface area contributed by atoms with E-state index in [1.807, 2.05) is 31.9 Å². The van der Waals surface area contributed by atoms with Crippen molar-refractivity contribution in [2.24, 2.45) is 0 Å². The molecule has 0 aliphatic rings. The molecule has 17 heavy (non-hydrogen) atoms. The van der Waals surface area contributed by atoms with E-state index in [2.05, 4.69) is 11.1 Å². The normalized spacial score (nSPS) is 10.1. The lowest BCUT2D eigenvalue weighted by molar-refractivity contribution is 0.234. The lowest BCUT2D eigenvalue weighted by Gasteiger charge is -2.18. The SMILES string of the molecule is CC(C)Oc1nc(N(C)CCC#N)ccc1N. The summed E-state index contributed by atoms with van der Waals surface area (Å²) in [5, 5.41) is 8.54. The van der Waals surface area contributed by atoms with Crippen LogP contribution in [0.15, 0.2) is 12.1 Å². The molecule has 0 aromatic carbocycles. The summed E-state index contributed by atoms with van der Waals surface area (Å²) in [6.07, 6.45) is 0.493. The summed E-state index contributed by atoms with van der Waals surface area (Å²) in [4.78, 5) is 6.23. The molecule has 0 amide bonds. The number of pyridine rings is 1. The van der Waals surface area contributed by atoms with Crippen LogP contribution in [0.2, 0.25) is 0 Å². The molecule has 0 saturated heterocycles. The van der Waals surface area contributed by atoms with Crippen molar-refractivity contribution in [2.45, 2.75) is 26.4 Å². The van der Waals surface area contributed by atoms with Gasteiger partial charge in [-0.15, -0.1) is 0 Å². The Morgan fingerprint density at radius 3 is 2.82 bits per heavy atom. The van der Waals surface area contributed by atoms with Crippen LogP contribution in [0.3, 0.4) is 0 Å². The highest BCUT2D eigenvalue weighted by molar-refractivity contribution is 5.54. The molecule has 1 aromatic heterocycles. The third-order valence-electron chi connectivity index (χ3n) is 2.17. The first-order valence-corrected chi connectivity index (χ1v) is 5.56. The minimum atomic E-state index is 0.0319. The first-order chi connectivity index (χ1) is 8.04. The first kappa shape index (κ1) is 13.1. The van der Waals surface area contributed by atoms with Gasteiger partial charge in [0, 0.05) is 13.6 Å². The van der Waals surface area contributed by atoms with Crippen LogP contribution < -0.4 is 15.4 Å². The molecule has 0 aliphatic heterocycles. The van der Waals surface area contributed by atoms with Gasteiger partial charge in [-0.2, -0.15) is 10.2 Å². The number of hydrogen-bond acceptors (Lipinski definition) is 5. The molecular weight excluding hydrogens is 216 g/mol. The molecular formula is C12H18N4O. The first-order valence-electron chi connectivity index (χ1n) is 5.56. The van der Waals surface area contributed by atoms with Crippen molar-refractivity contribution in [3.63, 3.8) is 0 Å². The van der Waals surface area contributed by atoms with Crippen molar-refractivity contribution in [1.29, 1.82) is 5.26 Å². The Morgan fingerprint density at radius 2 is 2.24 bits per heavy atom. The fourth-order valence-electron chi connectivity index (χ4n) is 1.30. The molecule has 0 radical (unpaired) electrons. The Kier molecular flexibility index (Phi) is 4.58. The average Bonchev–Trinajstić information content (AvgIpc) is 2.28. The molecule has 0 saturated carbocycles. The monoisotopic (exact) mass is 234 g/mol. The predicted molar refractivity (Wildman–Crippen MR) is 67.9 cm³/mol. The number of ether oxygens (including phenoxy) is 1. The number of hydrogen-bond donors (Lipinski definition) is 1. The van der Waals surface area contributed by atoms with Crippen molar-refractivity contribution in [3.8, 4) is 11.9 Å².